The molecule has 1 aliphatic rings. The van der Waals surface area contributed by atoms with E-state index >= 15 is 0 Å². The second-order valence-corrected chi connectivity index (χ2v) is 5.74. The highest BCUT2D eigenvalue weighted by atomic mass is 16.3. The molecule has 6 heteroatoms. The van der Waals surface area contributed by atoms with Crippen molar-refractivity contribution in [3.8, 4) is 0 Å². The number of carbonyl (C=O) groups excluding carboxylic acids is 1. The van der Waals surface area contributed by atoms with Crippen LogP contribution in [0.4, 0.5) is 0 Å². The van der Waals surface area contributed by atoms with E-state index in [0.717, 1.165) is 36.5 Å². The number of amides is 1. The molecule has 1 aromatic rings. The monoisotopic (exact) mass is 294 g/mol. The normalized spacial score (nSPS) is 18.0. The number of aliphatic hydroxyl groups excluding tert-OH is 1. The molecule has 118 valence electrons. The van der Waals surface area contributed by atoms with Gasteiger partial charge >= 0.3 is 0 Å². The van der Waals surface area contributed by atoms with Crippen molar-refractivity contribution in [2.75, 3.05) is 32.8 Å². The molecule has 0 aliphatic carbocycles. The van der Waals surface area contributed by atoms with Crippen molar-refractivity contribution in [1.82, 2.24) is 19.6 Å². The van der Waals surface area contributed by atoms with E-state index in [1.807, 2.05) is 25.8 Å². The van der Waals surface area contributed by atoms with Crippen molar-refractivity contribution in [1.29, 1.82) is 0 Å². The van der Waals surface area contributed by atoms with E-state index in [2.05, 4.69) is 16.9 Å². The minimum atomic E-state index is 0.0785. The summed E-state index contributed by atoms with van der Waals surface area (Å²) in [5.41, 5.74) is 2.45. The number of rotatable bonds is 4. The smallest absolute Gasteiger partial charge is 0.257 e. The zero-order valence-electron chi connectivity index (χ0n) is 13.5. The Hall–Kier alpha value is -1.40. The second kappa shape index (κ2) is 6.58. The van der Waals surface area contributed by atoms with E-state index in [1.165, 1.54) is 0 Å². The molecular formula is C15H26N4O2. The van der Waals surface area contributed by atoms with Crippen LogP contribution in [0.5, 0.6) is 0 Å². The quantitative estimate of drug-likeness (QED) is 0.882. The molecular weight excluding hydrogens is 268 g/mol. The van der Waals surface area contributed by atoms with Crippen LogP contribution in [0.3, 0.4) is 0 Å². The van der Waals surface area contributed by atoms with Gasteiger partial charge in [0, 0.05) is 45.0 Å². The summed E-state index contributed by atoms with van der Waals surface area (Å²) in [5.74, 6) is 0.0785. The number of hydrogen-bond donors (Lipinski definition) is 1. The molecule has 1 fully saturated rings. The predicted molar refractivity (Wildman–Crippen MR) is 81.3 cm³/mol. The van der Waals surface area contributed by atoms with Gasteiger partial charge in [0.15, 0.2) is 0 Å². The van der Waals surface area contributed by atoms with Gasteiger partial charge in [0.05, 0.1) is 17.9 Å². The highest BCUT2D eigenvalue weighted by Gasteiger charge is 2.28. The molecule has 1 aromatic heterocycles. The maximum Gasteiger partial charge on any atom is 0.257 e. The van der Waals surface area contributed by atoms with Crippen molar-refractivity contribution >= 4 is 5.91 Å². The Balaban J connectivity index is 2.03. The lowest BCUT2D eigenvalue weighted by atomic mass is 10.1. The number of aliphatic hydroxyl groups is 1. The van der Waals surface area contributed by atoms with Gasteiger partial charge in [-0.3, -0.25) is 14.4 Å². The fourth-order valence-corrected chi connectivity index (χ4v) is 3.03. The Bertz CT molecular complexity index is 500. The summed E-state index contributed by atoms with van der Waals surface area (Å²) in [7, 11) is 1.87. The van der Waals surface area contributed by atoms with E-state index in [9.17, 15) is 9.90 Å². The largest absolute Gasteiger partial charge is 0.395 e. The van der Waals surface area contributed by atoms with Crippen LogP contribution >= 0.6 is 0 Å². The maximum absolute atomic E-state index is 12.7. The van der Waals surface area contributed by atoms with Gasteiger partial charge in [0.2, 0.25) is 0 Å². The van der Waals surface area contributed by atoms with Crippen LogP contribution in [-0.2, 0) is 7.05 Å². The topological polar surface area (TPSA) is 61.6 Å². The minimum absolute atomic E-state index is 0.0785. The summed E-state index contributed by atoms with van der Waals surface area (Å²) in [5, 5.41) is 13.7. The van der Waals surface area contributed by atoms with Gasteiger partial charge in [-0.15, -0.1) is 0 Å². The second-order valence-electron chi connectivity index (χ2n) is 5.74. The molecule has 0 aromatic carbocycles. The molecule has 0 spiro atoms. The fraction of sp³-hybridized carbons (Fsp3) is 0.733. The molecule has 2 rings (SSSR count). The molecule has 21 heavy (non-hydrogen) atoms. The first-order valence-corrected chi connectivity index (χ1v) is 7.64. The third-order valence-electron chi connectivity index (χ3n) is 4.52. The number of carbonyl (C=O) groups is 1. The lowest BCUT2D eigenvalue weighted by molar-refractivity contribution is 0.0471. The number of aryl methyl sites for hydroxylation is 2. The highest BCUT2D eigenvalue weighted by molar-refractivity contribution is 5.96. The van der Waals surface area contributed by atoms with Crippen molar-refractivity contribution < 1.29 is 9.90 Å². The van der Waals surface area contributed by atoms with Crippen molar-refractivity contribution in [2.45, 2.75) is 33.2 Å². The summed E-state index contributed by atoms with van der Waals surface area (Å²) in [4.78, 5) is 16.8. The van der Waals surface area contributed by atoms with Crippen LogP contribution in [0, 0.1) is 13.8 Å². The molecule has 1 N–H and O–H groups in total. The Labute approximate surface area is 126 Å². The van der Waals surface area contributed by atoms with Crippen molar-refractivity contribution in [3.63, 3.8) is 0 Å². The zero-order chi connectivity index (χ0) is 15.6. The molecule has 1 amide bonds. The summed E-state index contributed by atoms with van der Waals surface area (Å²) < 4.78 is 1.76. The minimum Gasteiger partial charge on any atom is -0.395 e. The van der Waals surface area contributed by atoms with E-state index in [-0.39, 0.29) is 18.6 Å². The average molecular weight is 294 g/mol. The van der Waals surface area contributed by atoms with Crippen molar-refractivity contribution in [2.24, 2.45) is 7.05 Å². The molecule has 1 unspecified atom stereocenters. The van der Waals surface area contributed by atoms with Gasteiger partial charge in [-0.05, 0) is 20.3 Å². The standard InChI is InChI=1S/C15H26N4O2/c1-5-13(10-20)18-6-8-19(9-7-18)15(21)14-11(2)16-17(4)12(14)3/h13,20H,5-10H2,1-4H3. The fourth-order valence-electron chi connectivity index (χ4n) is 3.03. The Kier molecular flexibility index (Phi) is 5.00. The van der Waals surface area contributed by atoms with E-state index in [0.29, 0.717) is 13.1 Å². The van der Waals surface area contributed by atoms with Crippen LogP contribution in [-0.4, -0.2) is 69.4 Å². The molecule has 1 aliphatic heterocycles. The average Bonchev–Trinajstić information content (AvgIpc) is 2.73. The number of hydrogen-bond acceptors (Lipinski definition) is 4. The van der Waals surface area contributed by atoms with Crippen LogP contribution in [0.15, 0.2) is 0 Å². The third-order valence-corrected chi connectivity index (χ3v) is 4.52. The van der Waals surface area contributed by atoms with Gasteiger partial charge in [0.1, 0.15) is 0 Å². The van der Waals surface area contributed by atoms with Gasteiger partial charge < -0.3 is 10.0 Å². The van der Waals surface area contributed by atoms with Crippen molar-refractivity contribution in [3.05, 3.63) is 17.0 Å². The summed E-state index contributed by atoms with van der Waals surface area (Å²) >= 11 is 0. The first kappa shape index (κ1) is 16.0. The highest BCUT2D eigenvalue weighted by Crippen LogP contribution is 2.17. The molecule has 1 saturated heterocycles. The maximum atomic E-state index is 12.7. The van der Waals surface area contributed by atoms with E-state index in [4.69, 9.17) is 0 Å². The van der Waals surface area contributed by atoms with E-state index in [1.54, 1.807) is 4.68 Å². The van der Waals surface area contributed by atoms with Gasteiger partial charge in [-0.2, -0.15) is 5.10 Å². The van der Waals surface area contributed by atoms with Crippen LogP contribution < -0.4 is 0 Å². The summed E-state index contributed by atoms with van der Waals surface area (Å²) in [6.07, 6.45) is 0.936. The molecule has 2 heterocycles. The first-order valence-electron chi connectivity index (χ1n) is 7.64. The number of piperazine rings is 1. The first-order chi connectivity index (χ1) is 9.99. The summed E-state index contributed by atoms with van der Waals surface area (Å²) in [6, 6.07) is 0.212. The van der Waals surface area contributed by atoms with Gasteiger partial charge in [-0.1, -0.05) is 6.92 Å². The zero-order valence-corrected chi connectivity index (χ0v) is 13.5. The molecule has 0 saturated carbocycles. The number of aromatic nitrogens is 2. The van der Waals surface area contributed by atoms with Crippen LogP contribution in [0.1, 0.15) is 35.1 Å². The molecule has 6 nitrogen and oxygen atoms in total. The van der Waals surface area contributed by atoms with Crippen LogP contribution in [0.2, 0.25) is 0 Å². The Morgan fingerprint density at radius 3 is 2.33 bits per heavy atom. The Morgan fingerprint density at radius 2 is 1.90 bits per heavy atom. The lowest BCUT2D eigenvalue weighted by Crippen LogP contribution is -2.52. The van der Waals surface area contributed by atoms with Gasteiger partial charge in [-0.25, -0.2) is 0 Å². The third kappa shape index (κ3) is 3.11. The number of nitrogens with zero attached hydrogens (tertiary/aromatic N) is 4. The van der Waals surface area contributed by atoms with E-state index < -0.39 is 0 Å². The lowest BCUT2D eigenvalue weighted by Gasteiger charge is -2.38. The van der Waals surface area contributed by atoms with Crippen LogP contribution in [0.25, 0.3) is 0 Å². The molecule has 0 bridgehead atoms. The summed E-state index contributed by atoms with van der Waals surface area (Å²) in [6.45, 7) is 9.16. The van der Waals surface area contributed by atoms with Gasteiger partial charge in [0.25, 0.3) is 5.91 Å². The molecule has 1 atom stereocenters. The predicted octanol–water partition coefficient (Wildman–Crippen LogP) is 0.566. The molecule has 0 radical (unpaired) electrons. The SMILES string of the molecule is CCC(CO)N1CCN(C(=O)c2c(C)nn(C)c2C)CC1. The Morgan fingerprint density at radius 1 is 1.29 bits per heavy atom.